The highest BCUT2D eigenvalue weighted by atomic mass is 19.1. The van der Waals surface area contributed by atoms with Crippen molar-refractivity contribution in [2.24, 2.45) is 0 Å². The zero-order chi connectivity index (χ0) is 24.2. The fourth-order valence-corrected chi connectivity index (χ4v) is 4.31. The van der Waals surface area contributed by atoms with Gasteiger partial charge in [-0.3, -0.25) is 4.79 Å². The minimum atomic E-state index is -0.385. The van der Waals surface area contributed by atoms with Crippen LogP contribution < -0.4 is 10.5 Å². The molecule has 0 spiro atoms. The van der Waals surface area contributed by atoms with E-state index < -0.39 is 0 Å². The Morgan fingerprint density at radius 2 is 1.83 bits per heavy atom. The van der Waals surface area contributed by atoms with Gasteiger partial charge in [0.05, 0.1) is 11.7 Å². The molecule has 1 amide bonds. The maximum atomic E-state index is 14.7. The Kier molecular flexibility index (Phi) is 6.30. The van der Waals surface area contributed by atoms with Crippen molar-refractivity contribution in [1.29, 1.82) is 0 Å². The van der Waals surface area contributed by atoms with Crippen LogP contribution in [-0.4, -0.2) is 37.3 Å². The summed E-state index contributed by atoms with van der Waals surface area (Å²) in [6.45, 7) is 0.539. The molecule has 1 atom stereocenters. The van der Waals surface area contributed by atoms with Crippen molar-refractivity contribution in [3.8, 4) is 22.9 Å². The summed E-state index contributed by atoms with van der Waals surface area (Å²) >= 11 is 0. The highest BCUT2D eigenvalue weighted by Crippen LogP contribution is 2.37. The SMILES string of the molecule is Nc1ncc(-c2ccccc2F)c([C@H]2CCCCN2C(=O)c2cccc(Oc3ncccn3)c2)n1. The Labute approximate surface area is 201 Å². The van der Waals surface area contributed by atoms with Crippen molar-refractivity contribution in [2.75, 3.05) is 12.3 Å². The minimum Gasteiger partial charge on any atom is -0.424 e. The van der Waals surface area contributed by atoms with Gasteiger partial charge in [-0.1, -0.05) is 24.3 Å². The van der Waals surface area contributed by atoms with Gasteiger partial charge in [0.15, 0.2) is 0 Å². The molecule has 0 radical (unpaired) electrons. The van der Waals surface area contributed by atoms with E-state index in [-0.39, 0.29) is 29.7 Å². The number of anilines is 1. The van der Waals surface area contributed by atoms with Crippen LogP contribution >= 0.6 is 0 Å². The first-order valence-electron chi connectivity index (χ1n) is 11.3. The number of rotatable bonds is 5. The van der Waals surface area contributed by atoms with Gasteiger partial charge in [-0.25, -0.2) is 24.3 Å². The van der Waals surface area contributed by atoms with E-state index in [1.165, 1.54) is 12.3 Å². The van der Waals surface area contributed by atoms with Gasteiger partial charge in [0.1, 0.15) is 11.6 Å². The van der Waals surface area contributed by atoms with Gasteiger partial charge < -0.3 is 15.4 Å². The van der Waals surface area contributed by atoms with Crippen molar-refractivity contribution in [2.45, 2.75) is 25.3 Å². The third kappa shape index (κ3) is 4.79. The average Bonchev–Trinajstić information content (AvgIpc) is 2.89. The third-order valence-corrected chi connectivity index (χ3v) is 5.91. The molecule has 5 rings (SSSR count). The highest BCUT2D eigenvalue weighted by Gasteiger charge is 2.32. The number of hydrogen-bond acceptors (Lipinski definition) is 7. The van der Waals surface area contributed by atoms with E-state index in [1.807, 2.05) is 0 Å². The summed E-state index contributed by atoms with van der Waals surface area (Å²) < 4.78 is 20.4. The van der Waals surface area contributed by atoms with E-state index in [0.29, 0.717) is 41.1 Å². The molecule has 3 heterocycles. The van der Waals surface area contributed by atoms with Gasteiger partial charge in [0.2, 0.25) is 5.95 Å². The number of amides is 1. The second-order valence-electron chi connectivity index (χ2n) is 8.18. The van der Waals surface area contributed by atoms with E-state index in [0.717, 1.165) is 12.8 Å². The van der Waals surface area contributed by atoms with Crippen LogP contribution in [0.2, 0.25) is 0 Å². The molecule has 9 heteroatoms. The number of piperidine rings is 1. The van der Waals surface area contributed by atoms with Crippen LogP contribution in [0, 0.1) is 5.82 Å². The van der Waals surface area contributed by atoms with E-state index in [2.05, 4.69) is 19.9 Å². The lowest BCUT2D eigenvalue weighted by atomic mass is 9.93. The summed E-state index contributed by atoms with van der Waals surface area (Å²) in [6, 6.07) is 14.8. The molecule has 2 aromatic carbocycles. The lowest BCUT2D eigenvalue weighted by Gasteiger charge is -2.36. The standard InChI is InChI=1S/C26H23FN6O2/c27-21-10-2-1-9-19(21)20-16-31-25(28)32-23(20)22-11-3-4-14-33(22)24(34)17-7-5-8-18(15-17)35-26-29-12-6-13-30-26/h1-2,5-10,12-13,15-16,22H,3-4,11,14H2,(H2,28,31,32)/t22-/m1/s1. The molecule has 2 aromatic heterocycles. The smallest absolute Gasteiger partial charge is 0.321 e. The number of benzene rings is 2. The Morgan fingerprint density at radius 3 is 2.66 bits per heavy atom. The van der Waals surface area contributed by atoms with Crippen molar-refractivity contribution in [3.05, 3.63) is 90.3 Å². The molecule has 8 nitrogen and oxygen atoms in total. The summed E-state index contributed by atoms with van der Waals surface area (Å²) in [6.07, 6.45) is 7.13. The summed E-state index contributed by atoms with van der Waals surface area (Å²) in [5.74, 6) is -0.0279. The third-order valence-electron chi connectivity index (χ3n) is 5.91. The first-order chi connectivity index (χ1) is 17.1. The summed E-state index contributed by atoms with van der Waals surface area (Å²) in [7, 11) is 0. The fraction of sp³-hybridized carbons (Fsp3) is 0.192. The van der Waals surface area contributed by atoms with Gasteiger partial charge >= 0.3 is 6.01 Å². The lowest BCUT2D eigenvalue weighted by Crippen LogP contribution is -2.39. The predicted molar refractivity (Wildman–Crippen MR) is 128 cm³/mol. The molecule has 35 heavy (non-hydrogen) atoms. The quantitative estimate of drug-likeness (QED) is 0.446. The van der Waals surface area contributed by atoms with Crippen LogP contribution in [0.25, 0.3) is 11.1 Å². The van der Waals surface area contributed by atoms with E-state index >= 15 is 0 Å². The average molecular weight is 471 g/mol. The molecule has 2 N–H and O–H groups in total. The molecule has 0 aliphatic carbocycles. The van der Waals surface area contributed by atoms with Gasteiger partial charge in [-0.15, -0.1) is 0 Å². The summed E-state index contributed by atoms with van der Waals surface area (Å²) in [5, 5.41) is 0. The topological polar surface area (TPSA) is 107 Å². The zero-order valence-corrected chi connectivity index (χ0v) is 18.8. The van der Waals surface area contributed by atoms with E-state index in [4.69, 9.17) is 10.5 Å². The first kappa shape index (κ1) is 22.4. The summed E-state index contributed by atoms with van der Waals surface area (Å²) in [5.41, 5.74) is 7.83. The van der Waals surface area contributed by atoms with Crippen LogP contribution in [0.4, 0.5) is 10.3 Å². The van der Waals surface area contributed by atoms with E-state index in [9.17, 15) is 9.18 Å². The molecule has 4 aromatic rings. The molecule has 0 unspecified atom stereocenters. The molecule has 1 aliphatic heterocycles. The molecule has 176 valence electrons. The number of nitrogen functional groups attached to an aromatic ring is 1. The number of nitrogens with zero attached hydrogens (tertiary/aromatic N) is 5. The monoisotopic (exact) mass is 470 g/mol. The number of halogens is 1. The Bertz CT molecular complexity index is 1350. The maximum Gasteiger partial charge on any atom is 0.321 e. The van der Waals surface area contributed by atoms with Crippen LogP contribution in [0.15, 0.2) is 73.2 Å². The molecule has 1 aliphatic rings. The summed E-state index contributed by atoms with van der Waals surface area (Å²) in [4.78, 5) is 32.1. The van der Waals surface area contributed by atoms with Crippen molar-refractivity contribution in [3.63, 3.8) is 0 Å². The van der Waals surface area contributed by atoms with Gasteiger partial charge in [0.25, 0.3) is 5.91 Å². The predicted octanol–water partition coefficient (Wildman–Crippen LogP) is 4.81. The van der Waals surface area contributed by atoms with Crippen molar-refractivity contribution < 1.29 is 13.9 Å². The number of likely N-dealkylation sites (tertiary alicyclic amines) is 1. The number of carbonyl (C=O) groups excluding carboxylic acids is 1. The molecule has 1 saturated heterocycles. The van der Waals surface area contributed by atoms with Crippen LogP contribution in [-0.2, 0) is 0 Å². The fourth-order valence-electron chi connectivity index (χ4n) is 4.31. The van der Waals surface area contributed by atoms with Gasteiger partial charge in [-0.2, -0.15) is 0 Å². The molecular formula is C26H23FN6O2. The van der Waals surface area contributed by atoms with Crippen molar-refractivity contribution >= 4 is 11.9 Å². The van der Waals surface area contributed by atoms with Gasteiger partial charge in [-0.05, 0) is 49.6 Å². The van der Waals surface area contributed by atoms with Gasteiger partial charge in [0, 0.05) is 41.8 Å². The number of ether oxygens (including phenoxy) is 1. The number of hydrogen-bond donors (Lipinski definition) is 1. The first-order valence-corrected chi connectivity index (χ1v) is 11.3. The Balaban J connectivity index is 1.49. The van der Waals surface area contributed by atoms with Crippen LogP contribution in [0.5, 0.6) is 11.8 Å². The second-order valence-corrected chi connectivity index (χ2v) is 8.18. The Morgan fingerprint density at radius 1 is 1.00 bits per heavy atom. The van der Waals surface area contributed by atoms with Crippen LogP contribution in [0.1, 0.15) is 41.4 Å². The zero-order valence-electron chi connectivity index (χ0n) is 18.8. The number of aromatic nitrogens is 4. The highest BCUT2D eigenvalue weighted by molar-refractivity contribution is 5.95. The number of carbonyl (C=O) groups is 1. The minimum absolute atomic E-state index is 0.0799. The molecule has 1 fully saturated rings. The molecule has 0 bridgehead atoms. The normalized spacial score (nSPS) is 15.6. The largest absolute Gasteiger partial charge is 0.424 e. The lowest BCUT2D eigenvalue weighted by molar-refractivity contribution is 0.0606. The second kappa shape index (κ2) is 9.84. The molecular weight excluding hydrogens is 447 g/mol. The molecule has 0 saturated carbocycles. The van der Waals surface area contributed by atoms with Crippen molar-refractivity contribution in [1.82, 2.24) is 24.8 Å². The number of nitrogens with two attached hydrogens (primary N) is 1. The Hall–Kier alpha value is -4.40. The van der Waals surface area contributed by atoms with Crippen LogP contribution in [0.3, 0.4) is 0 Å². The maximum absolute atomic E-state index is 14.7. The van der Waals surface area contributed by atoms with E-state index in [1.54, 1.807) is 65.8 Å².